The number of benzene rings is 2. The Labute approximate surface area is 110 Å². The van der Waals surface area contributed by atoms with Crippen molar-refractivity contribution in [1.82, 2.24) is 0 Å². The van der Waals surface area contributed by atoms with E-state index in [-0.39, 0.29) is 0 Å². The summed E-state index contributed by atoms with van der Waals surface area (Å²) in [5.74, 6) is 0. The van der Waals surface area contributed by atoms with Crippen molar-refractivity contribution < 1.29 is 5.11 Å². The Morgan fingerprint density at radius 1 is 1.06 bits per heavy atom. The van der Waals surface area contributed by atoms with E-state index in [1.165, 1.54) is 0 Å². The molecule has 0 heterocycles. The Bertz CT molecular complexity index is 491. The van der Waals surface area contributed by atoms with Crippen LogP contribution in [0.4, 0.5) is 0 Å². The first kappa shape index (κ1) is 12.3. The topological polar surface area (TPSA) is 20.2 Å². The van der Waals surface area contributed by atoms with E-state index in [0.717, 1.165) is 15.6 Å². The number of aliphatic hydroxyl groups is 1. The van der Waals surface area contributed by atoms with Crippen LogP contribution in [-0.2, 0) is 12.0 Å². The van der Waals surface area contributed by atoms with Crippen molar-refractivity contribution in [3.05, 3.63) is 70.2 Å². The van der Waals surface area contributed by atoms with Gasteiger partial charge in [-0.3, -0.25) is 0 Å². The fraction of sp³-hybridized carbons (Fsp3) is 0.200. The van der Waals surface area contributed by atoms with E-state index >= 15 is 0 Å². The fourth-order valence-electron chi connectivity index (χ4n) is 1.92. The Morgan fingerprint density at radius 3 is 2.41 bits per heavy atom. The number of halogens is 1. The summed E-state index contributed by atoms with van der Waals surface area (Å²) >= 11 is 3.43. The molecule has 2 aromatic rings. The molecule has 0 aliphatic heterocycles. The number of hydrogen-bond acceptors (Lipinski definition) is 1. The van der Waals surface area contributed by atoms with Crippen LogP contribution in [-0.4, -0.2) is 5.11 Å². The summed E-state index contributed by atoms with van der Waals surface area (Å²) in [7, 11) is 0. The first-order chi connectivity index (χ1) is 8.08. The summed E-state index contributed by atoms with van der Waals surface area (Å²) in [5, 5.41) is 10.5. The number of hydrogen-bond donors (Lipinski definition) is 1. The molecule has 2 heteroatoms. The average molecular weight is 291 g/mol. The van der Waals surface area contributed by atoms with Crippen molar-refractivity contribution in [1.29, 1.82) is 0 Å². The second-order valence-electron chi connectivity index (χ2n) is 4.45. The first-order valence-electron chi connectivity index (χ1n) is 5.60. The summed E-state index contributed by atoms with van der Waals surface area (Å²) in [6.45, 7) is 1.85. The monoisotopic (exact) mass is 290 g/mol. The largest absolute Gasteiger partial charge is 0.385 e. The summed E-state index contributed by atoms with van der Waals surface area (Å²) in [4.78, 5) is 0. The minimum Gasteiger partial charge on any atom is -0.385 e. The zero-order valence-corrected chi connectivity index (χ0v) is 11.3. The fourth-order valence-corrected chi connectivity index (χ4v) is 2.32. The SMILES string of the molecule is CC(O)(Cc1ccccc1)c1cccc(Br)c1. The van der Waals surface area contributed by atoms with E-state index in [4.69, 9.17) is 0 Å². The molecule has 0 saturated carbocycles. The van der Waals surface area contributed by atoms with Gasteiger partial charge in [-0.15, -0.1) is 0 Å². The molecule has 17 heavy (non-hydrogen) atoms. The van der Waals surface area contributed by atoms with E-state index in [0.29, 0.717) is 6.42 Å². The van der Waals surface area contributed by atoms with Crippen molar-refractivity contribution in [3.8, 4) is 0 Å². The van der Waals surface area contributed by atoms with Gasteiger partial charge in [-0.1, -0.05) is 58.4 Å². The lowest BCUT2D eigenvalue weighted by atomic mass is 9.89. The standard InChI is InChI=1S/C15H15BrO/c1-15(17,11-12-6-3-2-4-7-12)13-8-5-9-14(16)10-13/h2-10,17H,11H2,1H3. The van der Waals surface area contributed by atoms with Crippen LogP contribution in [0.5, 0.6) is 0 Å². The quantitative estimate of drug-likeness (QED) is 0.909. The molecule has 0 amide bonds. The van der Waals surface area contributed by atoms with Crippen LogP contribution < -0.4 is 0 Å². The maximum Gasteiger partial charge on any atom is 0.0909 e. The highest BCUT2D eigenvalue weighted by Crippen LogP contribution is 2.27. The van der Waals surface area contributed by atoms with Crippen LogP contribution in [0.3, 0.4) is 0 Å². The molecule has 0 fully saturated rings. The maximum atomic E-state index is 10.5. The lowest BCUT2D eigenvalue weighted by Crippen LogP contribution is -2.24. The van der Waals surface area contributed by atoms with E-state index in [1.807, 2.05) is 61.5 Å². The van der Waals surface area contributed by atoms with E-state index in [2.05, 4.69) is 15.9 Å². The van der Waals surface area contributed by atoms with Gasteiger partial charge < -0.3 is 5.11 Å². The van der Waals surface area contributed by atoms with Gasteiger partial charge in [0.1, 0.15) is 0 Å². The number of rotatable bonds is 3. The van der Waals surface area contributed by atoms with Crippen molar-refractivity contribution in [3.63, 3.8) is 0 Å². The Morgan fingerprint density at radius 2 is 1.76 bits per heavy atom. The molecule has 2 rings (SSSR count). The van der Waals surface area contributed by atoms with Crippen LogP contribution in [0, 0.1) is 0 Å². The van der Waals surface area contributed by atoms with E-state index < -0.39 is 5.60 Å². The highest BCUT2D eigenvalue weighted by Gasteiger charge is 2.23. The molecule has 1 nitrogen and oxygen atoms in total. The van der Waals surface area contributed by atoms with Gasteiger partial charge in [-0.05, 0) is 30.2 Å². The highest BCUT2D eigenvalue weighted by molar-refractivity contribution is 9.10. The molecule has 88 valence electrons. The molecule has 1 unspecified atom stereocenters. The zero-order valence-electron chi connectivity index (χ0n) is 9.73. The summed E-state index contributed by atoms with van der Waals surface area (Å²) in [6.07, 6.45) is 0.615. The molecule has 0 aromatic heterocycles. The van der Waals surface area contributed by atoms with Gasteiger partial charge in [0.2, 0.25) is 0 Å². The summed E-state index contributed by atoms with van der Waals surface area (Å²) < 4.78 is 0.989. The van der Waals surface area contributed by atoms with Gasteiger partial charge >= 0.3 is 0 Å². The maximum absolute atomic E-state index is 10.5. The molecule has 0 radical (unpaired) electrons. The highest BCUT2D eigenvalue weighted by atomic mass is 79.9. The third-order valence-corrected chi connectivity index (χ3v) is 3.33. The summed E-state index contributed by atoms with van der Waals surface area (Å²) in [5.41, 5.74) is 1.22. The molecular weight excluding hydrogens is 276 g/mol. The first-order valence-corrected chi connectivity index (χ1v) is 6.39. The van der Waals surface area contributed by atoms with E-state index in [1.54, 1.807) is 0 Å². The molecular formula is C15H15BrO. The lowest BCUT2D eigenvalue weighted by molar-refractivity contribution is 0.0576. The molecule has 1 N–H and O–H groups in total. The average Bonchev–Trinajstić information content (AvgIpc) is 2.30. The Kier molecular flexibility index (Phi) is 3.65. The minimum atomic E-state index is -0.842. The van der Waals surface area contributed by atoms with Gasteiger partial charge in [0.05, 0.1) is 5.60 Å². The normalized spacial score (nSPS) is 14.3. The molecule has 1 atom stereocenters. The van der Waals surface area contributed by atoms with Crippen LogP contribution >= 0.6 is 15.9 Å². The van der Waals surface area contributed by atoms with Gasteiger partial charge in [0.25, 0.3) is 0 Å². The zero-order chi connectivity index (χ0) is 12.3. The third kappa shape index (κ3) is 3.18. The van der Waals surface area contributed by atoms with Crippen LogP contribution in [0.25, 0.3) is 0 Å². The van der Waals surface area contributed by atoms with Crippen molar-refractivity contribution in [2.75, 3.05) is 0 Å². The van der Waals surface area contributed by atoms with Crippen LogP contribution in [0.1, 0.15) is 18.1 Å². The predicted octanol–water partition coefficient (Wildman–Crippen LogP) is 3.90. The predicted molar refractivity (Wildman–Crippen MR) is 73.9 cm³/mol. The van der Waals surface area contributed by atoms with Crippen molar-refractivity contribution in [2.24, 2.45) is 0 Å². The minimum absolute atomic E-state index is 0.615. The van der Waals surface area contributed by atoms with Gasteiger partial charge in [-0.2, -0.15) is 0 Å². The van der Waals surface area contributed by atoms with Crippen molar-refractivity contribution in [2.45, 2.75) is 18.9 Å². The van der Waals surface area contributed by atoms with Gasteiger partial charge in [-0.25, -0.2) is 0 Å². The Hall–Kier alpha value is -1.12. The molecule has 2 aromatic carbocycles. The van der Waals surface area contributed by atoms with Gasteiger partial charge in [0.15, 0.2) is 0 Å². The second-order valence-corrected chi connectivity index (χ2v) is 5.36. The smallest absolute Gasteiger partial charge is 0.0909 e. The van der Waals surface area contributed by atoms with Crippen LogP contribution in [0.15, 0.2) is 59.1 Å². The third-order valence-electron chi connectivity index (χ3n) is 2.84. The summed E-state index contributed by atoms with van der Waals surface area (Å²) in [6, 6.07) is 17.9. The molecule has 0 aliphatic rings. The molecule has 0 aliphatic carbocycles. The molecule has 0 spiro atoms. The Balaban J connectivity index is 2.25. The van der Waals surface area contributed by atoms with Crippen molar-refractivity contribution >= 4 is 15.9 Å². The molecule has 0 saturated heterocycles. The van der Waals surface area contributed by atoms with Gasteiger partial charge in [0, 0.05) is 10.9 Å². The lowest BCUT2D eigenvalue weighted by Gasteiger charge is -2.24. The van der Waals surface area contributed by atoms with E-state index in [9.17, 15) is 5.11 Å². The second kappa shape index (κ2) is 5.03. The van der Waals surface area contributed by atoms with Crippen LogP contribution in [0.2, 0.25) is 0 Å². The molecule has 0 bridgehead atoms.